The van der Waals surface area contributed by atoms with Gasteiger partial charge >= 0.3 is 11.9 Å². The summed E-state index contributed by atoms with van der Waals surface area (Å²) in [5, 5.41) is 0. The largest absolute Gasteiger partial charge is 0.491 e. The smallest absolute Gasteiger partial charge is 0.359 e. The van der Waals surface area contributed by atoms with Gasteiger partial charge in [0.15, 0.2) is 11.4 Å². The molecule has 0 aromatic carbocycles. The van der Waals surface area contributed by atoms with E-state index in [1.54, 1.807) is 18.4 Å². The highest BCUT2D eigenvalue weighted by atomic mass is 16.5. The summed E-state index contributed by atoms with van der Waals surface area (Å²) in [6.07, 6.45) is 6.34. The molecule has 0 spiro atoms. The molecule has 0 saturated heterocycles. The summed E-state index contributed by atoms with van der Waals surface area (Å²) in [7, 11) is 2.50. The summed E-state index contributed by atoms with van der Waals surface area (Å²) in [4.78, 5) is 38.1. The van der Waals surface area contributed by atoms with E-state index in [0.29, 0.717) is 6.61 Å². The van der Waals surface area contributed by atoms with E-state index in [1.165, 1.54) is 20.4 Å². The number of aromatic nitrogens is 1. The molecule has 2 atom stereocenters. The van der Waals surface area contributed by atoms with Gasteiger partial charge in [0.05, 0.1) is 32.5 Å². The molecule has 0 amide bonds. The van der Waals surface area contributed by atoms with Crippen molar-refractivity contribution in [1.29, 1.82) is 0 Å². The number of hydrogen-bond acceptors (Lipinski definition) is 7. The molecular formula is C22H33NO7. The Morgan fingerprint density at radius 2 is 1.87 bits per heavy atom. The number of methoxy groups -OCH3 is 2. The zero-order chi connectivity index (χ0) is 22.3. The van der Waals surface area contributed by atoms with Gasteiger partial charge in [-0.05, 0) is 33.1 Å². The van der Waals surface area contributed by atoms with E-state index < -0.39 is 17.4 Å². The monoisotopic (exact) mass is 423 g/mol. The molecule has 1 aromatic heterocycles. The number of rotatable bonds is 9. The maximum absolute atomic E-state index is 12.9. The number of carbonyl (C=O) groups excluding carboxylic acids is 2. The van der Waals surface area contributed by atoms with Crippen LogP contribution in [0.1, 0.15) is 86.2 Å². The Kier molecular flexibility index (Phi) is 8.89. The van der Waals surface area contributed by atoms with Crippen LogP contribution >= 0.6 is 0 Å². The highest BCUT2D eigenvalue weighted by molar-refractivity contribution is 5.94. The fraction of sp³-hybridized carbons (Fsp3) is 0.682. The van der Waals surface area contributed by atoms with E-state index >= 15 is 0 Å². The van der Waals surface area contributed by atoms with Gasteiger partial charge in [-0.3, -0.25) is 4.79 Å². The Morgan fingerprint density at radius 3 is 2.47 bits per heavy atom. The molecule has 1 aliphatic carbocycles. The Balaban J connectivity index is 2.64. The van der Waals surface area contributed by atoms with Crippen LogP contribution in [0, 0.1) is 0 Å². The third kappa shape index (κ3) is 5.41. The van der Waals surface area contributed by atoms with Crippen LogP contribution in [-0.2, 0) is 14.2 Å². The lowest BCUT2D eigenvalue weighted by molar-refractivity contribution is -0.00935. The van der Waals surface area contributed by atoms with Crippen LogP contribution in [0.4, 0.5) is 0 Å². The first-order chi connectivity index (χ1) is 14.3. The van der Waals surface area contributed by atoms with Crippen LogP contribution in [0.25, 0.3) is 0 Å². The van der Waals surface area contributed by atoms with Crippen molar-refractivity contribution in [3.8, 4) is 5.75 Å². The number of nitrogens with zero attached hydrogens (tertiary/aromatic N) is 1. The molecule has 8 heteroatoms. The Bertz CT molecular complexity index is 799. The van der Waals surface area contributed by atoms with Gasteiger partial charge < -0.3 is 23.5 Å². The second-order valence-electron chi connectivity index (χ2n) is 7.72. The number of esters is 2. The van der Waals surface area contributed by atoms with E-state index in [-0.39, 0.29) is 35.3 Å². The summed E-state index contributed by atoms with van der Waals surface area (Å²) >= 11 is 0. The maximum Gasteiger partial charge on any atom is 0.359 e. The molecule has 0 N–H and O–H groups in total. The van der Waals surface area contributed by atoms with Crippen molar-refractivity contribution in [3.63, 3.8) is 0 Å². The number of pyridine rings is 1. The molecule has 1 aliphatic rings. The van der Waals surface area contributed by atoms with Gasteiger partial charge in [0.2, 0.25) is 5.43 Å². The lowest BCUT2D eigenvalue weighted by atomic mass is 9.91. The standard InChI is InChI=1S/C22H33NO7/c1-6-7-12-29-17-11-9-8-10-16(17)23-13-15(21(25)28-5)19(24)20(27-4)18(23)22(26)30-14(2)3/h13-14,16-17H,6-12H2,1-5H3/t16-,17-/m0/s1. The molecule has 0 radical (unpaired) electrons. The van der Waals surface area contributed by atoms with E-state index in [4.69, 9.17) is 18.9 Å². The van der Waals surface area contributed by atoms with E-state index in [1.807, 2.05) is 0 Å². The van der Waals surface area contributed by atoms with Crippen molar-refractivity contribution in [1.82, 2.24) is 4.57 Å². The molecule has 1 fully saturated rings. The van der Waals surface area contributed by atoms with Gasteiger partial charge in [0.1, 0.15) is 5.56 Å². The Morgan fingerprint density at radius 1 is 1.17 bits per heavy atom. The molecule has 0 bridgehead atoms. The molecule has 8 nitrogen and oxygen atoms in total. The first-order valence-corrected chi connectivity index (χ1v) is 10.6. The van der Waals surface area contributed by atoms with Crippen LogP contribution in [0.15, 0.2) is 11.0 Å². The molecule has 1 heterocycles. The van der Waals surface area contributed by atoms with Crippen LogP contribution in [0.5, 0.6) is 5.75 Å². The minimum Gasteiger partial charge on any atom is -0.491 e. The van der Waals surface area contributed by atoms with Gasteiger partial charge in [-0.2, -0.15) is 0 Å². The molecule has 0 unspecified atom stereocenters. The van der Waals surface area contributed by atoms with Crippen LogP contribution in [-0.4, -0.2) is 49.5 Å². The van der Waals surface area contributed by atoms with Crippen LogP contribution in [0.2, 0.25) is 0 Å². The summed E-state index contributed by atoms with van der Waals surface area (Å²) in [6.45, 7) is 6.17. The highest BCUT2D eigenvalue weighted by Crippen LogP contribution is 2.34. The van der Waals surface area contributed by atoms with Gasteiger partial charge in [0.25, 0.3) is 0 Å². The second kappa shape index (κ2) is 11.2. The molecule has 30 heavy (non-hydrogen) atoms. The summed E-state index contributed by atoms with van der Waals surface area (Å²) in [6, 6.07) is -0.233. The lowest BCUT2D eigenvalue weighted by Crippen LogP contribution is -2.36. The third-order valence-corrected chi connectivity index (χ3v) is 5.19. The molecule has 2 rings (SSSR count). The Hall–Kier alpha value is -2.35. The van der Waals surface area contributed by atoms with Gasteiger partial charge in [0, 0.05) is 12.8 Å². The fourth-order valence-electron chi connectivity index (χ4n) is 3.75. The summed E-state index contributed by atoms with van der Waals surface area (Å²) in [5.74, 6) is -1.68. The predicted molar refractivity (Wildman–Crippen MR) is 111 cm³/mol. The lowest BCUT2D eigenvalue weighted by Gasteiger charge is -2.35. The van der Waals surface area contributed by atoms with E-state index in [0.717, 1.165) is 38.5 Å². The summed E-state index contributed by atoms with van der Waals surface area (Å²) < 4.78 is 23.2. The average Bonchev–Trinajstić information content (AvgIpc) is 2.72. The Labute approximate surface area is 177 Å². The number of ether oxygens (including phenoxy) is 4. The van der Waals surface area contributed by atoms with E-state index in [2.05, 4.69) is 6.92 Å². The molecule has 168 valence electrons. The SMILES string of the molecule is CCCCO[C@H]1CCCC[C@@H]1n1cc(C(=O)OC)c(=O)c(OC)c1C(=O)OC(C)C. The highest BCUT2D eigenvalue weighted by Gasteiger charge is 2.34. The molecule has 1 saturated carbocycles. The zero-order valence-corrected chi connectivity index (χ0v) is 18.6. The number of unbranched alkanes of at least 4 members (excludes halogenated alkanes) is 1. The van der Waals surface area contributed by atoms with Crippen LogP contribution < -0.4 is 10.2 Å². The van der Waals surface area contributed by atoms with Crippen LogP contribution in [0.3, 0.4) is 0 Å². The maximum atomic E-state index is 12.9. The van der Waals surface area contributed by atoms with E-state index in [9.17, 15) is 14.4 Å². The number of carbonyl (C=O) groups is 2. The quantitative estimate of drug-likeness (QED) is 0.443. The second-order valence-corrected chi connectivity index (χ2v) is 7.72. The number of hydrogen-bond donors (Lipinski definition) is 0. The van der Waals surface area contributed by atoms with Crippen molar-refractivity contribution in [3.05, 3.63) is 27.7 Å². The van der Waals surface area contributed by atoms with Crippen molar-refractivity contribution in [2.45, 2.75) is 77.5 Å². The molecular weight excluding hydrogens is 390 g/mol. The van der Waals surface area contributed by atoms with Gasteiger partial charge in [-0.15, -0.1) is 0 Å². The topological polar surface area (TPSA) is 93.1 Å². The minimum atomic E-state index is -0.782. The molecule has 1 aromatic rings. The van der Waals surface area contributed by atoms with Gasteiger partial charge in [-0.1, -0.05) is 26.2 Å². The minimum absolute atomic E-state index is 0.000144. The molecule has 0 aliphatic heterocycles. The van der Waals surface area contributed by atoms with Crippen molar-refractivity contribution in [2.24, 2.45) is 0 Å². The summed E-state index contributed by atoms with van der Waals surface area (Å²) in [5.41, 5.74) is -0.885. The third-order valence-electron chi connectivity index (χ3n) is 5.19. The fourth-order valence-corrected chi connectivity index (χ4v) is 3.75. The van der Waals surface area contributed by atoms with Crippen molar-refractivity contribution < 1.29 is 28.5 Å². The van der Waals surface area contributed by atoms with Crippen molar-refractivity contribution in [2.75, 3.05) is 20.8 Å². The zero-order valence-electron chi connectivity index (χ0n) is 18.6. The first kappa shape index (κ1) is 23.9. The predicted octanol–water partition coefficient (Wildman–Crippen LogP) is 3.51. The first-order valence-electron chi connectivity index (χ1n) is 10.6. The van der Waals surface area contributed by atoms with Gasteiger partial charge in [-0.25, -0.2) is 9.59 Å². The van der Waals surface area contributed by atoms with Crippen molar-refractivity contribution >= 4 is 11.9 Å². The normalized spacial score (nSPS) is 18.9. The average molecular weight is 424 g/mol.